The summed E-state index contributed by atoms with van der Waals surface area (Å²) in [6.45, 7) is 8.03. The van der Waals surface area contributed by atoms with Gasteiger partial charge in [-0.25, -0.2) is 0 Å². The molecule has 0 aromatic heterocycles. The molecule has 0 fully saturated rings. The number of carbonyl (C=O) groups is 1. The van der Waals surface area contributed by atoms with E-state index >= 15 is 0 Å². The van der Waals surface area contributed by atoms with Crippen LogP contribution in [-0.4, -0.2) is 30.6 Å². The van der Waals surface area contributed by atoms with Crippen molar-refractivity contribution in [3.05, 3.63) is 35.4 Å². The van der Waals surface area contributed by atoms with Crippen LogP contribution in [0, 0.1) is 11.3 Å². The minimum absolute atomic E-state index is 0.276. The molecule has 0 radical (unpaired) electrons. The van der Waals surface area contributed by atoms with E-state index in [9.17, 15) is 10.1 Å². The molecule has 0 atom stereocenters. The SMILES string of the molecule is COC(=O)C(C)(C)N(C)Cc1ccccc1C(C)(C)C#N. The molecule has 21 heavy (non-hydrogen) atoms. The quantitative estimate of drug-likeness (QED) is 0.782. The van der Waals surface area contributed by atoms with Crippen LogP contribution < -0.4 is 0 Å². The van der Waals surface area contributed by atoms with Crippen LogP contribution in [-0.2, 0) is 21.5 Å². The molecule has 1 aromatic rings. The first-order chi connectivity index (χ1) is 9.66. The monoisotopic (exact) mass is 288 g/mol. The molecule has 0 aliphatic carbocycles. The Morgan fingerprint density at radius 2 is 1.86 bits per heavy atom. The fourth-order valence-corrected chi connectivity index (χ4v) is 2.19. The number of methoxy groups -OCH3 is 1. The van der Waals surface area contributed by atoms with E-state index in [1.165, 1.54) is 7.11 Å². The zero-order chi connectivity index (χ0) is 16.3. The largest absolute Gasteiger partial charge is 0.468 e. The zero-order valence-electron chi connectivity index (χ0n) is 13.7. The van der Waals surface area contributed by atoms with Crippen LogP contribution in [0.1, 0.15) is 38.8 Å². The first-order valence-corrected chi connectivity index (χ1v) is 6.96. The Hall–Kier alpha value is -1.86. The number of carbonyl (C=O) groups excluding carboxylic acids is 1. The van der Waals surface area contributed by atoms with Crippen LogP contribution in [0.2, 0.25) is 0 Å². The second-order valence-corrected chi connectivity index (χ2v) is 6.30. The molecule has 1 rings (SSSR count). The summed E-state index contributed by atoms with van der Waals surface area (Å²) in [6.07, 6.45) is 0. The van der Waals surface area contributed by atoms with Crippen molar-refractivity contribution in [1.29, 1.82) is 5.26 Å². The van der Waals surface area contributed by atoms with Gasteiger partial charge >= 0.3 is 5.97 Å². The maximum atomic E-state index is 11.9. The molecule has 0 spiro atoms. The molecule has 114 valence electrons. The van der Waals surface area contributed by atoms with Crippen molar-refractivity contribution in [2.75, 3.05) is 14.2 Å². The molecular formula is C17H24N2O2. The highest BCUT2D eigenvalue weighted by Crippen LogP contribution is 2.28. The van der Waals surface area contributed by atoms with Crippen molar-refractivity contribution < 1.29 is 9.53 Å². The van der Waals surface area contributed by atoms with Crippen LogP contribution in [0.15, 0.2) is 24.3 Å². The van der Waals surface area contributed by atoms with Gasteiger partial charge in [0.25, 0.3) is 0 Å². The number of nitriles is 1. The smallest absolute Gasteiger partial charge is 0.325 e. The van der Waals surface area contributed by atoms with Crippen LogP contribution in [0.5, 0.6) is 0 Å². The third kappa shape index (κ3) is 3.62. The van der Waals surface area contributed by atoms with Gasteiger partial charge in [0.1, 0.15) is 5.54 Å². The van der Waals surface area contributed by atoms with Gasteiger partial charge in [0.15, 0.2) is 0 Å². The van der Waals surface area contributed by atoms with Gasteiger partial charge in [-0.05, 0) is 45.9 Å². The highest BCUT2D eigenvalue weighted by Gasteiger charge is 2.34. The lowest BCUT2D eigenvalue weighted by Crippen LogP contribution is -2.48. The zero-order valence-corrected chi connectivity index (χ0v) is 13.7. The molecule has 0 bridgehead atoms. The topological polar surface area (TPSA) is 53.3 Å². The van der Waals surface area contributed by atoms with Crippen molar-refractivity contribution in [3.8, 4) is 6.07 Å². The number of benzene rings is 1. The third-order valence-corrected chi connectivity index (χ3v) is 4.02. The second kappa shape index (κ2) is 6.28. The summed E-state index contributed by atoms with van der Waals surface area (Å²) in [5, 5.41) is 9.35. The first kappa shape index (κ1) is 17.2. The van der Waals surface area contributed by atoms with Crippen molar-refractivity contribution in [2.45, 2.75) is 45.2 Å². The van der Waals surface area contributed by atoms with E-state index in [0.29, 0.717) is 6.54 Å². The Kier molecular flexibility index (Phi) is 5.14. The van der Waals surface area contributed by atoms with Gasteiger partial charge in [-0.15, -0.1) is 0 Å². The molecule has 4 heteroatoms. The molecule has 1 aromatic carbocycles. The normalized spacial score (nSPS) is 12.1. The van der Waals surface area contributed by atoms with E-state index in [2.05, 4.69) is 6.07 Å². The van der Waals surface area contributed by atoms with Gasteiger partial charge in [0, 0.05) is 6.54 Å². The number of likely N-dealkylation sites (N-methyl/N-ethyl adjacent to an activating group) is 1. The van der Waals surface area contributed by atoms with Gasteiger partial charge in [-0.1, -0.05) is 24.3 Å². The van der Waals surface area contributed by atoms with Gasteiger partial charge in [-0.3, -0.25) is 9.69 Å². The average molecular weight is 288 g/mol. The molecule has 0 saturated heterocycles. The average Bonchev–Trinajstić information content (AvgIpc) is 2.46. The van der Waals surface area contributed by atoms with Crippen molar-refractivity contribution in [1.82, 2.24) is 4.90 Å². The predicted molar refractivity (Wildman–Crippen MR) is 82.6 cm³/mol. The summed E-state index contributed by atoms with van der Waals surface area (Å²) in [5.74, 6) is -0.276. The number of nitrogens with zero attached hydrogens (tertiary/aromatic N) is 2. The Labute approximate surface area is 127 Å². The lowest BCUT2D eigenvalue weighted by molar-refractivity contribution is -0.152. The molecule has 0 saturated carbocycles. The maximum Gasteiger partial charge on any atom is 0.325 e. The summed E-state index contributed by atoms with van der Waals surface area (Å²) in [5.41, 5.74) is 0.745. The highest BCUT2D eigenvalue weighted by molar-refractivity contribution is 5.79. The van der Waals surface area contributed by atoms with Crippen molar-refractivity contribution in [3.63, 3.8) is 0 Å². The summed E-state index contributed by atoms with van der Waals surface area (Å²) in [6, 6.07) is 10.2. The van der Waals surface area contributed by atoms with Gasteiger partial charge in [-0.2, -0.15) is 5.26 Å². The van der Waals surface area contributed by atoms with Gasteiger partial charge < -0.3 is 4.74 Å². The van der Waals surface area contributed by atoms with Crippen LogP contribution in [0.3, 0.4) is 0 Å². The fourth-order valence-electron chi connectivity index (χ4n) is 2.19. The van der Waals surface area contributed by atoms with E-state index in [1.54, 1.807) is 0 Å². The fraction of sp³-hybridized carbons (Fsp3) is 0.529. The van der Waals surface area contributed by atoms with E-state index in [0.717, 1.165) is 11.1 Å². The minimum Gasteiger partial charge on any atom is -0.468 e. The van der Waals surface area contributed by atoms with Crippen LogP contribution in [0.4, 0.5) is 0 Å². The summed E-state index contributed by atoms with van der Waals surface area (Å²) >= 11 is 0. The maximum absolute atomic E-state index is 11.9. The number of ether oxygens (including phenoxy) is 1. The summed E-state index contributed by atoms with van der Waals surface area (Å²) < 4.78 is 4.86. The highest BCUT2D eigenvalue weighted by atomic mass is 16.5. The standard InChI is InChI=1S/C17H24N2O2/c1-16(2,12-18)14-10-8-7-9-13(14)11-19(5)17(3,4)15(20)21-6/h7-10H,11H2,1-6H3. The van der Waals surface area contributed by atoms with Crippen molar-refractivity contribution >= 4 is 5.97 Å². The van der Waals surface area contributed by atoms with Crippen LogP contribution in [0.25, 0.3) is 0 Å². The Morgan fingerprint density at radius 1 is 1.29 bits per heavy atom. The number of esters is 1. The van der Waals surface area contributed by atoms with Gasteiger partial charge in [0.05, 0.1) is 18.6 Å². The number of hydrogen-bond acceptors (Lipinski definition) is 4. The molecule has 0 heterocycles. The molecule has 0 aliphatic rings. The van der Waals surface area contributed by atoms with Crippen molar-refractivity contribution in [2.24, 2.45) is 0 Å². The van der Waals surface area contributed by atoms with Crippen LogP contribution >= 0.6 is 0 Å². The predicted octanol–water partition coefficient (Wildman–Crippen LogP) is 2.87. The lowest BCUT2D eigenvalue weighted by Gasteiger charge is -2.34. The molecule has 0 unspecified atom stereocenters. The van der Waals surface area contributed by atoms with Gasteiger partial charge in [0.2, 0.25) is 0 Å². The Bertz CT molecular complexity index is 556. The Morgan fingerprint density at radius 3 is 2.38 bits per heavy atom. The minimum atomic E-state index is -0.724. The summed E-state index contributed by atoms with van der Waals surface area (Å²) in [7, 11) is 3.28. The summed E-state index contributed by atoms with van der Waals surface area (Å²) in [4.78, 5) is 13.8. The molecule has 0 amide bonds. The lowest BCUT2D eigenvalue weighted by atomic mass is 9.83. The number of hydrogen-bond donors (Lipinski definition) is 0. The van der Waals surface area contributed by atoms with E-state index in [1.807, 2.05) is 63.9 Å². The molecule has 0 aliphatic heterocycles. The van der Waals surface area contributed by atoms with E-state index in [4.69, 9.17) is 4.74 Å². The van der Waals surface area contributed by atoms with E-state index < -0.39 is 11.0 Å². The number of rotatable bonds is 5. The van der Waals surface area contributed by atoms with E-state index in [-0.39, 0.29) is 5.97 Å². The first-order valence-electron chi connectivity index (χ1n) is 6.96. The molecular weight excluding hydrogens is 264 g/mol. The molecule has 0 N–H and O–H groups in total. The molecule has 4 nitrogen and oxygen atoms in total. The Balaban J connectivity index is 3.10. The second-order valence-electron chi connectivity index (χ2n) is 6.30. The third-order valence-electron chi connectivity index (χ3n) is 4.02.